The van der Waals surface area contributed by atoms with Crippen molar-refractivity contribution < 1.29 is 14.3 Å². The molecule has 0 bridgehead atoms. The predicted molar refractivity (Wildman–Crippen MR) is 96.1 cm³/mol. The minimum absolute atomic E-state index is 0.203. The number of ether oxygens (including phenoxy) is 2. The molecular weight excluding hydrogens is 320 g/mol. The Labute approximate surface area is 148 Å². The van der Waals surface area contributed by atoms with E-state index in [0.29, 0.717) is 24.6 Å². The lowest BCUT2D eigenvalue weighted by atomic mass is 10.2. The number of rotatable bonds is 8. The number of carbonyl (C=O) groups is 1. The molecule has 2 N–H and O–H groups in total. The van der Waals surface area contributed by atoms with Gasteiger partial charge >= 0.3 is 6.03 Å². The first-order valence-corrected chi connectivity index (χ1v) is 8.27. The lowest BCUT2D eigenvalue weighted by molar-refractivity contribution is 0.240. The van der Waals surface area contributed by atoms with Crippen LogP contribution in [0.2, 0.25) is 0 Å². The van der Waals surface area contributed by atoms with Gasteiger partial charge in [-0.2, -0.15) is 5.10 Å². The van der Waals surface area contributed by atoms with Gasteiger partial charge in [-0.25, -0.2) is 4.79 Å². The molecule has 0 aliphatic carbocycles. The third kappa shape index (κ3) is 5.41. The first kappa shape index (κ1) is 18.6. The molecule has 0 spiro atoms. The Hall–Kier alpha value is -2.70. The topological polar surface area (TPSA) is 77.4 Å². The van der Waals surface area contributed by atoms with Crippen LogP contribution in [-0.4, -0.2) is 36.6 Å². The van der Waals surface area contributed by atoms with Crippen LogP contribution in [0.1, 0.15) is 23.4 Å². The third-order valence-corrected chi connectivity index (χ3v) is 3.87. The van der Waals surface area contributed by atoms with Gasteiger partial charge in [-0.05, 0) is 38.5 Å². The van der Waals surface area contributed by atoms with E-state index in [1.54, 1.807) is 20.3 Å². The molecule has 25 heavy (non-hydrogen) atoms. The van der Waals surface area contributed by atoms with Crippen LogP contribution in [-0.2, 0) is 13.1 Å². The Bertz CT molecular complexity index is 712. The molecule has 7 heteroatoms. The average molecular weight is 346 g/mol. The van der Waals surface area contributed by atoms with Crippen LogP contribution in [0.15, 0.2) is 24.3 Å². The molecule has 136 valence electrons. The molecule has 0 unspecified atom stereocenters. The zero-order chi connectivity index (χ0) is 18.2. The number of benzene rings is 1. The van der Waals surface area contributed by atoms with E-state index in [4.69, 9.17) is 9.47 Å². The van der Waals surface area contributed by atoms with Crippen molar-refractivity contribution in [2.45, 2.75) is 33.4 Å². The lowest BCUT2D eigenvalue weighted by Crippen LogP contribution is -2.36. The number of amides is 2. The molecule has 0 fully saturated rings. The first-order chi connectivity index (χ1) is 12.0. The average Bonchev–Trinajstić information content (AvgIpc) is 2.94. The Balaban J connectivity index is 1.73. The zero-order valence-electron chi connectivity index (χ0n) is 15.3. The highest BCUT2D eigenvalue weighted by molar-refractivity contribution is 5.73. The number of nitrogens with zero attached hydrogens (tertiary/aromatic N) is 2. The monoisotopic (exact) mass is 346 g/mol. The van der Waals surface area contributed by atoms with Gasteiger partial charge in [0.15, 0.2) is 0 Å². The van der Waals surface area contributed by atoms with E-state index in [1.165, 1.54) is 0 Å². The van der Waals surface area contributed by atoms with Gasteiger partial charge in [0.05, 0.1) is 19.9 Å². The van der Waals surface area contributed by atoms with Crippen LogP contribution in [0.3, 0.4) is 0 Å². The fourth-order valence-electron chi connectivity index (χ4n) is 2.57. The normalized spacial score (nSPS) is 10.4. The van der Waals surface area contributed by atoms with Gasteiger partial charge in [0.2, 0.25) is 0 Å². The minimum atomic E-state index is -0.203. The van der Waals surface area contributed by atoms with Crippen molar-refractivity contribution in [3.8, 4) is 11.5 Å². The number of nitrogens with one attached hydrogen (secondary N) is 2. The Kier molecular flexibility index (Phi) is 6.68. The van der Waals surface area contributed by atoms with Crippen LogP contribution in [0.25, 0.3) is 0 Å². The second kappa shape index (κ2) is 8.96. The van der Waals surface area contributed by atoms with E-state index in [0.717, 1.165) is 29.9 Å². The second-order valence-corrected chi connectivity index (χ2v) is 5.79. The van der Waals surface area contributed by atoms with Gasteiger partial charge < -0.3 is 20.1 Å². The van der Waals surface area contributed by atoms with E-state index in [-0.39, 0.29) is 6.03 Å². The summed E-state index contributed by atoms with van der Waals surface area (Å²) < 4.78 is 12.4. The molecule has 7 nitrogen and oxygen atoms in total. The maximum absolute atomic E-state index is 11.9. The van der Waals surface area contributed by atoms with Crippen molar-refractivity contribution in [3.63, 3.8) is 0 Å². The molecule has 0 radical (unpaired) electrons. The molecule has 2 amide bonds. The lowest BCUT2D eigenvalue weighted by Gasteiger charge is -2.12. The zero-order valence-corrected chi connectivity index (χ0v) is 15.3. The summed E-state index contributed by atoms with van der Waals surface area (Å²) in [5.41, 5.74) is 3.03. The van der Waals surface area contributed by atoms with Crippen molar-refractivity contribution in [3.05, 3.63) is 41.2 Å². The van der Waals surface area contributed by atoms with Gasteiger partial charge in [0, 0.05) is 37.0 Å². The smallest absolute Gasteiger partial charge is 0.315 e. The van der Waals surface area contributed by atoms with Crippen molar-refractivity contribution >= 4 is 6.03 Å². The van der Waals surface area contributed by atoms with Gasteiger partial charge in [0.25, 0.3) is 0 Å². The molecule has 0 aliphatic rings. The molecule has 1 aromatic carbocycles. The highest BCUT2D eigenvalue weighted by Crippen LogP contribution is 2.24. The number of aromatic nitrogens is 2. The summed E-state index contributed by atoms with van der Waals surface area (Å²) in [4.78, 5) is 11.9. The van der Waals surface area contributed by atoms with Gasteiger partial charge in [0.1, 0.15) is 11.5 Å². The van der Waals surface area contributed by atoms with E-state index in [2.05, 4.69) is 15.7 Å². The SMILES string of the molecule is COc1ccc(CNC(=O)NCCCn2nc(C)cc2C)c(OC)c1. The van der Waals surface area contributed by atoms with Crippen LogP contribution in [0, 0.1) is 13.8 Å². The summed E-state index contributed by atoms with van der Waals surface area (Å²) in [6.45, 7) is 5.76. The highest BCUT2D eigenvalue weighted by Gasteiger charge is 2.07. The van der Waals surface area contributed by atoms with Crippen molar-refractivity contribution in [2.75, 3.05) is 20.8 Å². The Morgan fingerprint density at radius 3 is 2.60 bits per heavy atom. The second-order valence-electron chi connectivity index (χ2n) is 5.79. The molecule has 1 aromatic heterocycles. The number of carbonyl (C=O) groups excluding carboxylic acids is 1. The standard InChI is InChI=1S/C18H26N4O3/c1-13-10-14(2)22(21-13)9-5-8-19-18(23)20-12-15-6-7-16(24-3)11-17(15)25-4/h6-7,10-11H,5,8-9,12H2,1-4H3,(H2,19,20,23). The number of urea groups is 1. The van der Waals surface area contributed by atoms with Gasteiger partial charge in [-0.1, -0.05) is 0 Å². The summed E-state index contributed by atoms with van der Waals surface area (Å²) in [5.74, 6) is 1.40. The summed E-state index contributed by atoms with van der Waals surface area (Å²) in [7, 11) is 3.20. The first-order valence-electron chi connectivity index (χ1n) is 8.27. The van der Waals surface area contributed by atoms with Gasteiger partial charge in [-0.3, -0.25) is 4.68 Å². The summed E-state index contributed by atoms with van der Waals surface area (Å²) >= 11 is 0. The van der Waals surface area contributed by atoms with E-state index < -0.39 is 0 Å². The van der Waals surface area contributed by atoms with E-state index in [1.807, 2.05) is 36.7 Å². The summed E-state index contributed by atoms with van der Waals surface area (Å²) in [5, 5.41) is 10.1. The fraction of sp³-hybridized carbons (Fsp3) is 0.444. The number of aryl methyl sites for hydroxylation is 3. The molecule has 0 saturated carbocycles. The van der Waals surface area contributed by atoms with Crippen LogP contribution < -0.4 is 20.1 Å². The molecule has 0 aliphatic heterocycles. The maximum atomic E-state index is 11.9. The Morgan fingerprint density at radius 1 is 1.16 bits per heavy atom. The minimum Gasteiger partial charge on any atom is -0.497 e. The molecule has 1 heterocycles. The third-order valence-electron chi connectivity index (χ3n) is 3.87. The fourth-order valence-corrected chi connectivity index (χ4v) is 2.57. The van der Waals surface area contributed by atoms with Crippen LogP contribution >= 0.6 is 0 Å². The highest BCUT2D eigenvalue weighted by atomic mass is 16.5. The van der Waals surface area contributed by atoms with Crippen LogP contribution in [0.5, 0.6) is 11.5 Å². The van der Waals surface area contributed by atoms with Crippen molar-refractivity contribution in [1.29, 1.82) is 0 Å². The number of methoxy groups -OCH3 is 2. The molecule has 2 aromatic rings. The quantitative estimate of drug-likeness (QED) is 0.720. The van der Waals surface area contributed by atoms with Gasteiger partial charge in [-0.15, -0.1) is 0 Å². The predicted octanol–water partition coefficient (Wildman–Crippen LogP) is 2.41. The number of hydrogen-bond acceptors (Lipinski definition) is 4. The molecule has 0 atom stereocenters. The largest absolute Gasteiger partial charge is 0.497 e. The molecule has 2 rings (SSSR count). The number of hydrogen-bond donors (Lipinski definition) is 2. The molecular formula is C18H26N4O3. The van der Waals surface area contributed by atoms with E-state index in [9.17, 15) is 4.79 Å². The maximum Gasteiger partial charge on any atom is 0.315 e. The Morgan fingerprint density at radius 2 is 1.96 bits per heavy atom. The van der Waals surface area contributed by atoms with Crippen LogP contribution in [0.4, 0.5) is 4.79 Å². The molecule has 0 saturated heterocycles. The summed E-state index contributed by atoms with van der Waals surface area (Å²) in [6.07, 6.45) is 0.821. The van der Waals surface area contributed by atoms with Crippen molar-refractivity contribution in [2.24, 2.45) is 0 Å². The summed E-state index contributed by atoms with van der Waals surface area (Å²) in [6, 6.07) is 7.35. The van der Waals surface area contributed by atoms with Crippen molar-refractivity contribution in [1.82, 2.24) is 20.4 Å². The van der Waals surface area contributed by atoms with E-state index >= 15 is 0 Å².